The zero-order valence-electron chi connectivity index (χ0n) is 15.7. The summed E-state index contributed by atoms with van der Waals surface area (Å²) in [5.41, 5.74) is 3.26. The van der Waals surface area contributed by atoms with E-state index in [1.807, 2.05) is 55.5 Å². The maximum Gasteiger partial charge on any atom is 0.335 e. The van der Waals surface area contributed by atoms with Gasteiger partial charge in [-0.15, -0.1) is 0 Å². The van der Waals surface area contributed by atoms with Gasteiger partial charge in [0, 0.05) is 12.2 Å². The normalized spacial score (nSPS) is 10.3. The molecule has 28 heavy (non-hydrogen) atoms. The summed E-state index contributed by atoms with van der Waals surface area (Å²) in [6.45, 7) is 3.56. The number of ether oxygens (including phenoxy) is 2. The maximum absolute atomic E-state index is 10.9. The van der Waals surface area contributed by atoms with Gasteiger partial charge < -0.3 is 19.9 Å². The predicted octanol–water partition coefficient (Wildman–Crippen LogP) is 4.97. The van der Waals surface area contributed by atoms with Gasteiger partial charge in [-0.1, -0.05) is 36.4 Å². The van der Waals surface area contributed by atoms with Crippen LogP contribution in [0.4, 0.5) is 5.69 Å². The maximum atomic E-state index is 10.9. The minimum atomic E-state index is -0.931. The van der Waals surface area contributed by atoms with Crippen LogP contribution in [0.1, 0.15) is 28.4 Å². The molecule has 5 heteroatoms. The fourth-order valence-electron chi connectivity index (χ4n) is 2.72. The van der Waals surface area contributed by atoms with Gasteiger partial charge in [0.2, 0.25) is 0 Å². The molecule has 3 aromatic rings. The molecule has 3 aromatic carbocycles. The molecule has 0 spiro atoms. The van der Waals surface area contributed by atoms with Crippen LogP contribution in [0.2, 0.25) is 0 Å². The number of carbonyl (C=O) groups is 1. The molecule has 0 aliphatic heterocycles. The van der Waals surface area contributed by atoms with E-state index in [1.54, 1.807) is 24.3 Å². The molecule has 0 aliphatic carbocycles. The average molecular weight is 377 g/mol. The average Bonchev–Trinajstić information content (AvgIpc) is 2.73. The number of aromatic carboxylic acids is 1. The summed E-state index contributed by atoms with van der Waals surface area (Å²) in [7, 11) is 0. The van der Waals surface area contributed by atoms with Crippen LogP contribution >= 0.6 is 0 Å². The predicted molar refractivity (Wildman–Crippen MR) is 109 cm³/mol. The zero-order chi connectivity index (χ0) is 19.8. The lowest BCUT2D eigenvalue weighted by Crippen LogP contribution is -2.03. The van der Waals surface area contributed by atoms with Crippen LogP contribution in [-0.4, -0.2) is 17.7 Å². The van der Waals surface area contributed by atoms with E-state index in [0.717, 1.165) is 16.8 Å². The van der Waals surface area contributed by atoms with E-state index in [9.17, 15) is 4.79 Å². The van der Waals surface area contributed by atoms with Crippen molar-refractivity contribution in [1.82, 2.24) is 0 Å². The molecular weight excluding hydrogens is 354 g/mol. The molecule has 0 fully saturated rings. The Kier molecular flexibility index (Phi) is 6.52. The van der Waals surface area contributed by atoms with Crippen molar-refractivity contribution < 1.29 is 19.4 Å². The van der Waals surface area contributed by atoms with Crippen molar-refractivity contribution in [2.24, 2.45) is 0 Å². The van der Waals surface area contributed by atoms with E-state index in [2.05, 4.69) is 5.32 Å². The van der Waals surface area contributed by atoms with Gasteiger partial charge in [-0.05, 0) is 54.4 Å². The zero-order valence-corrected chi connectivity index (χ0v) is 15.7. The summed E-state index contributed by atoms with van der Waals surface area (Å²) >= 11 is 0. The van der Waals surface area contributed by atoms with Gasteiger partial charge in [0.05, 0.1) is 12.2 Å². The van der Waals surface area contributed by atoms with Crippen LogP contribution in [0, 0.1) is 0 Å². The molecular formula is C23H23NO4. The van der Waals surface area contributed by atoms with Crippen molar-refractivity contribution in [3.05, 3.63) is 89.5 Å². The number of benzene rings is 3. The van der Waals surface area contributed by atoms with E-state index >= 15 is 0 Å². The third-order valence-electron chi connectivity index (χ3n) is 4.17. The van der Waals surface area contributed by atoms with Crippen LogP contribution < -0.4 is 14.8 Å². The summed E-state index contributed by atoms with van der Waals surface area (Å²) < 4.78 is 11.7. The van der Waals surface area contributed by atoms with Crippen molar-refractivity contribution in [1.29, 1.82) is 0 Å². The summed E-state index contributed by atoms with van der Waals surface area (Å²) in [5.74, 6) is 0.484. The fourth-order valence-corrected chi connectivity index (χ4v) is 2.72. The quantitative estimate of drug-likeness (QED) is 0.551. The highest BCUT2D eigenvalue weighted by atomic mass is 16.5. The van der Waals surface area contributed by atoms with Gasteiger partial charge in [-0.25, -0.2) is 4.79 Å². The first-order valence-corrected chi connectivity index (χ1v) is 9.15. The molecule has 0 aromatic heterocycles. The minimum absolute atomic E-state index is 0.268. The van der Waals surface area contributed by atoms with Crippen molar-refractivity contribution in [2.45, 2.75) is 20.1 Å². The Balaban J connectivity index is 1.65. The van der Waals surface area contributed by atoms with Gasteiger partial charge in [-0.2, -0.15) is 0 Å². The first-order chi connectivity index (χ1) is 13.7. The van der Waals surface area contributed by atoms with E-state index in [0.29, 0.717) is 31.3 Å². The smallest absolute Gasteiger partial charge is 0.335 e. The monoisotopic (exact) mass is 377 g/mol. The Morgan fingerprint density at radius 1 is 0.893 bits per heavy atom. The molecule has 0 saturated carbocycles. The summed E-state index contributed by atoms with van der Waals surface area (Å²) in [6, 6.07) is 22.5. The Morgan fingerprint density at radius 2 is 1.64 bits per heavy atom. The number of rotatable bonds is 9. The lowest BCUT2D eigenvalue weighted by Gasteiger charge is -2.14. The lowest BCUT2D eigenvalue weighted by atomic mass is 10.1. The standard InChI is InChI=1S/C23H23NO4/c1-2-27-22-14-18(15-24-20-11-9-19(10-12-20)23(25)26)8-13-21(22)28-16-17-6-4-3-5-7-17/h3-14,24H,2,15-16H2,1H3,(H,25,26). The van der Waals surface area contributed by atoms with E-state index < -0.39 is 5.97 Å². The lowest BCUT2D eigenvalue weighted by molar-refractivity contribution is 0.0697. The van der Waals surface area contributed by atoms with Crippen LogP contribution in [0.5, 0.6) is 11.5 Å². The largest absolute Gasteiger partial charge is 0.490 e. The second-order valence-electron chi connectivity index (χ2n) is 6.22. The van der Waals surface area contributed by atoms with Crippen molar-refractivity contribution >= 4 is 11.7 Å². The van der Waals surface area contributed by atoms with Crippen LogP contribution in [0.15, 0.2) is 72.8 Å². The van der Waals surface area contributed by atoms with Crippen molar-refractivity contribution in [3.63, 3.8) is 0 Å². The summed E-state index contributed by atoms with van der Waals surface area (Å²) in [4.78, 5) is 10.9. The molecule has 3 rings (SSSR count). The van der Waals surface area contributed by atoms with Gasteiger partial charge in [0.25, 0.3) is 0 Å². The molecule has 5 nitrogen and oxygen atoms in total. The third kappa shape index (κ3) is 5.27. The van der Waals surface area contributed by atoms with Gasteiger partial charge in [0.1, 0.15) is 6.61 Å². The van der Waals surface area contributed by atoms with Gasteiger partial charge in [-0.3, -0.25) is 0 Å². The van der Waals surface area contributed by atoms with Crippen molar-refractivity contribution in [3.8, 4) is 11.5 Å². The number of carboxylic acids is 1. The van der Waals surface area contributed by atoms with Crippen LogP contribution in [0.25, 0.3) is 0 Å². The number of hydrogen-bond donors (Lipinski definition) is 2. The summed E-state index contributed by atoms with van der Waals surface area (Å²) in [6.07, 6.45) is 0. The molecule has 0 amide bonds. The fraction of sp³-hybridized carbons (Fsp3) is 0.174. The second kappa shape index (κ2) is 9.46. The van der Waals surface area contributed by atoms with Crippen LogP contribution in [0.3, 0.4) is 0 Å². The molecule has 0 unspecified atom stereocenters. The first-order valence-electron chi connectivity index (χ1n) is 9.15. The van der Waals surface area contributed by atoms with E-state index in [1.165, 1.54) is 0 Å². The first kappa shape index (κ1) is 19.3. The molecule has 0 bridgehead atoms. The van der Waals surface area contributed by atoms with Crippen LogP contribution in [-0.2, 0) is 13.2 Å². The second-order valence-corrected chi connectivity index (χ2v) is 6.22. The van der Waals surface area contributed by atoms with E-state index in [-0.39, 0.29) is 5.56 Å². The Bertz CT molecular complexity index is 908. The van der Waals surface area contributed by atoms with E-state index in [4.69, 9.17) is 14.6 Å². The Hall–Kier alpha value is -3.47. The molecule has 0 saturated heterocycles. The molecule has 144 valence electrons. The third-order valence-corrected chi connectivity index (χ3v) is 4.17. The Labute approximate surface area is 164 Å². The molecule has 0 atom stereocenters. The summed E-state index contributed by atoms with van der Waals surface area (Å²) in [5, 5.41) is 12.2. The highest BCUT2D eigenvalue weighted by molar-refractivity contribution is 5.87. The Morgan fingerprint density at radius 3 is 2.32 bits per heavy atom. The van der Waals surface area contributed by atoms with Gasteiger partial charge in [0.15, 0.2) is 11.5 Å². The molecule has 0 radical (unpaired) electrons. The molecule has 0 aliphatic rings. The number of carboxylic acid groups (broad SMARTS) is 1. The van der Waals surface area contributed by atoms with Crippen molar-refractivity contribution in [2.75, 3.05) is 11.9 Å². The number of anilines is 1. The molecule has 2 N–H and O–H groups in total. The number of hydrogen-bond acceptors (Lipinski definition) is 4. The SMILES string of the molecule is CCOc1cc(CNc2ccc(C(=O)O)cc2)ccc1OCc1ccccc1. The number of nitrogens with one attached hydrogen (secondary N) is 1. The van der Waals surface area contributed by atoms with Gasteiger partial charge >= 0.3 is 5.97 Å². The molecule has 0 heterocycles. The highest BCUT2D eigenvalue weighted by Crippen LogP contribution is 2.29. The topological polar surface area (TPSA) is 67.8 Å². The minimum Gasteiger partial charge on any atom is -0.490 e. The highest BCUT2D eigenvalue weighted by Gasteiger charge is 2.08.